The highest BCUT2D eigenvalue weighted by Crippen LogP contribution is 2.29. The minimum Gasteiger partial charge on any atom is -0.353 e. The van der Waals surface area contributed by atoms with Crippen LogP contribution in [0, 0.1) is 0 Å². The summed E-state index contributed by atoms with van der Waals surface area (Å²) in [5.41, 5.74) is 3.55. The molecule has 182 valence electrons. The normalized spacial score (nSPS) is 15.0. The number of aromatic nitrogens is 1. The molecule has 2 heterocycles. The molecular weight excluding hydrogens is 456 g/mol. The number of carbonyl (C=O) groups excluding carboxylic acids is 1. The summed E-state index contributed by atoms with van der Waals surface area (Å²) in [7, 11) is 0. The van der Waals surface area contributed by atoms with Crippen molar-refractivity contribution in [3.05, 3.63) is 107 Å². The van der Waals surface area contributed by atoms with Crippen LogP contribution in [0.2, 0.25) is 5.15 Å². The minimum absolute atomic E-state index is 0.0820. The van der Waals surface area contributed by atoms with Crippen molar-refractivity contribution in [2.45, 2.75) is 18.9 Å². The van der Waals surface area contributed by atoms with Crippen molar-refractivity contribution in [3.63, 3.8) is 0 Å². The van der Waals surface area contributed by atoms with E-state index < -0.39 is 0 Å². The third kappa shape index (κ3) is 7.76. The fourth-order valence-electron chi connectivity index (χ4n) is 4.52. The van der Waals surface area contributed by atoms with Crippen LogP contribution < -0.4 is 5.32 Å². The van der Waals surface area contributed by atoms with E-state index in [0.717, 1.165) is 51.1 Å². The number of unbranched alkanes of at least 4 members (excludes halogenated alkanes) is 1. The first kappa shape index (κ1) is 25.1. The molecule has 6 heteroatoms. The Kier molecular flexibility index (Phi) is 9.47. The van der Waals surface area contributed by atoms with Crippen LogP contribution in [0.15, 0.2) is 85.1 Å². The molecule has 1 aliphatic rings. The van der Waals surface area contributed by atoms with Crippen molar-refractivity contribution in [1.29, 1.82) is 0 Å². The van der Waals surface area contributed by atoms with Gasteiger partial charge in [0.15, 0.2) is 0 Å². The van der Waals surface area contributed by atoms with Gasteiger partial charge in [0.1, 0.15) is 5.15 Å². The molecule has 0 spiro atoms. The number of amides is 1. The molecule has 2 aromatic carbocycles. The number of halogens is 1. The van der Waals surface area contributed by atoms with E-state index in [-0.39, 0.29) is 5.91 Å². The number of rotatable bonds is 10. The molecule has 1 saturated heterocycles. The van der Waals surface area contributed by atoms with E-state index in [0.29, 0.717) is 17.7 Å². The lowest BCUT2D eigenvalue weighted by Gasteiger charge is -2.39. The molecule has 1 fully saturated rings. The van der Waals surface area contributed by atoms with E-state index in [9.17, 15) is 4.79 Å². The molecule has 1 aliphatic heterocycles. The Morgan fingerprint density at radius 1 is 0.914 bits per heavy atom. The summed E-state index contributed by atoms with van der Waals surface area (Å²) in [5, 5.41) is 3.41. The lowest BCUT2D eigenvalue weighted by molar-refractivity contribution is -0.116. The third-order valence-electron chi connectivity index (χ3n) is 6.38. The maximum absolute atomic E-state index is 12.0. The second kappa shape index (κ2) is 13.2. The molecule has 0 radical (unpaired) electrons. The van der Waals surface area contributed by atoms with Crippen LogP contribution in [0.3, 0.4) is 0 Å². The van der Waals surface area contributed by atoms with Gasteiger partial charge in [-0.25, -0.2) is 4.98 Å². The highest BCUT2D eigenvalue weighted by atomic mass is 35.5. The minimum atomic E-state index is -0.0820. The molecule has 0 unspecified atom stereocenters. The highest BCUT2D eigenvalue weighted by Gasteiger charge is 2.26. The van der Waals surface area contributed by atoms with E-state index in [2.05, 4.69) is 80.8 Å². The largest absolute Gasteiger partial charge is 0.353 e. The van der Waals surface area contributed by atoms with Gasteiger partial charge in [0, 0.05) is 45.0 Å². The first-order valence-electron chi connectivity index (χ1n) is 12.3. The Morgan fingerprint density at radius 2 is 1.57 bits per heavy atom. The Labute approximate surface area is 213 Å². The monoisotopic (exact) mass is 488 g/mol. The van der Waals surface area contributed by atoms with Crippen molar-refractivity contribution in [3.8, 4) is 0 Å². The van der Waals surface area contributed by atoms with Gasteiger partial charge in [0.05, 0.1) is 6.04 Å². The lowest BCUT2D eigenvalue weighted by atomic mass is 9.96. The van der Waals surface area contributed by atoms with Crippen LogP contribution in [0.1, 0.15) is 35.6 Å². The van der Waals surface area contributed by atoms with Crippen LogP contribution in [0.5, 0.6) is 0 Å². The van der Waals surface area contributed by atoms with E-state index in [1.165, 1.54) is 11.1 Å². The third-order valence-corrected chi connectivity index (χ3v) is 6.60. The van der Waals surface area contributed by atoms with Crippen LogP contribution in [-0.4, -0.2) is 60.0 Å². The summed E-state index contributed by atoms with van der Waals surface area (Å²) < 4.78 is 0. The Hall–Kier alpha value is -2.99. The summed E-state index contributed by atoms with van der Waals surface area (Å²) in [6, 6.07) is 25.5. The maximum Gasteiger partial charge on any atom is 0.243 e. The van der Waals surface area contributed by atoms with E-state index in [1.807, 2.05) is 6.07 Å². The number of hydrogen-bond donors (Lipinski definition) is 1. The molecule has 5 nitrogen and oxygen atoms in total. The molecule has 1 aromatic heterocycles. The Morgan fingerprint density at radius 3 is 2.17 bits per heavy atom. The topological polar surface area (TPSA) is 48.5 Å². The van der Waals surface area contributed by atoms with Gasteiger partial charge in [-0.1, -0.05) is 78.3 Å². The summed E-state index contributed by atoms with van der Waals surface area (Å²) >= 11 is 5.78. The number of carbonyl (C=O) groups is 1. The molecule has 3 aromatic rings. The van der Waals surface area contributed by atoms with Crippen molar-refractivity contribution >= 4 is 23.6 Å². The molecule has 1 amide bonds. The summed E-state index contributed by atoms with van der Waals surface area (Å²) in [5.74, 6) is -0.0820. The number of nitrogens with zero attached hydrogens (tertiary/aromatic N) is 3. The Balaban J connectivity index is 1.17. The van der Waals surface area contributed by atoms with Crippen molar-refractivity contribution in [2.75, 3.05) is 39.3 Å². The zero-order valence-corrected chi connectivity index (χ0v) is 20.8. The van der Waals surface area contributed by atoms with Crippen molar-refractivity contribution in [1.82, 2.24) is 20.1 Å². The van der Waals surface area contributed by atoms with Crippen LogP contribution in [0.25, 0.3) is 6.08 Å². The van der Waals surface area contributed by atoms with E-state index >= 15 is 0 Å². The van der Waals surface area contributed by atoms with E-state index in [4.69, 9.17) is 11.6 Å². The maximum atomic E-state index is 12.0. The van der Waals surface area contributed by atoms with Crippen molar-refractivity contribution < 1.29 is 4.79 Å². The molecule has 0 atom stereocenters. The molecule has 35 heavy (non-hydrogen) atoms. The van der Waals surface area contributed by atoms with Gasteiger partial charge in [-0.05, 0) is 48.2 Å². The average Bonchev–Trinajstić information content (AvgIpc) is 2.90. The SMILES string of the molecule is O=C(/C=C/c1ccc(Cl)nc1)NCCCCN1CCN(C(c2ccccc2)c2ccccc2)CC1. The van der Waals surface area contributed by atoms with Gasteiger partial charge in [0.25, 0.3) is 0 Å². The predicted molar refractivity (Wildman–Crippen MR) is 143 cm³/mol. The average molecular weight is 489 g/mol. The molecule has 4 rings (SSSR count). The highest BCUT2D eigenvalue weighted by molar-refractivity contribution is 6.29. The molecule has 1 N–H and O–H groups in total. The zero-order chi connectivity index (χ0) is 24.3. The first-order valence-corrected chi connectivity index (χ1v) is 12.7. The number of nitrogens with one attached hydrogen (secondary N) is 1. The van der Waals surface area contributed by atoms with Gasteiger partial charge in [-0.2, -0.15) is 0 Å². The van der Waals surface area contributed by atoms with Gasteiger partial charge < -0.3 is 10.2 Å². The van der Waals surface area contributed by atoms with Crippen LogP contribution in [0.4, 0.5) is 0 Å². The number of pyridine rings is 1. The quantitative estimate of drug-likeness (QED) is 0.246. The van der Waals surface area contributed by atoms with E-state index in [1.54, 1.807) is 24.4 Å². The van der Waals surface area contributed by atoms with Gasteiger partial charge in [0.2, 0.25) is 5.91 Å². The van der Waals surface area contributed by atoms with Gasteiger partial charge in [-0.15, -0.1) is 0 Å². The van der Waals surface area contributed by atoms with Crippen LogP contribution in [-0.2, 0) is 4.79 Å². The second-order valence-electron chi connectivity index (χ2n) is 8.85. The molecule has 0 bridgehead atoms. The smallest absolute Gasteiger partial charge is 0.243 e. The molecular formula is C29H33ClN4O. The predicted octanol–water partition coefficient (Wildman–Crippen LogP) is 5.05. The van der Waals surface area contributed by atoms with Crippen LogP contribution >= 0.6 is 11.6 Å². The second-order valence-corrected chi connectivity index (χ2v) is 9.23. The van der Waals surface area contributed by atoms with Gasteiger partial charge >= 0.3 is 0 Å². The number of piperazine rings is 1. The number of benzene rings is 2. The summed E-state index contributed by atoms with van der Waals surface area (Å²) in [6.45, 7) is 6.00. The lowest BCUT2D eigenvalue weighted by Crippen LogP contribution is -2.48. The standard InChI is InChI=1S/C29H33ClN4O/c30-27-15-13-24(23-32-27)14-16-28(35)31-17-7-8-18-33-19-21-34(22-20-33)29(25-9-3-1-4-10-25)26-11-5-2-6-12-26/h1-6,9-16,23,29H,7-8,17-22H2,(H,31,35)/b16-14+. The molecule has 0 saturated carbocycles. The summed E-state index contributed by atoms with van der Waals surface area (Å²) in [4.78, 5) is 21.2. The van der Waals surface area contributed by atoms with Crippen molar-refractivity contribution in [2.24, 2.45) is 0 Å². The fraction of sp³-hybridized carbons (Fsp3) is 0.310. The Bertz CT molecular complexity index is 1030. The van der Waals surface area contributed by atoms with Gasteiger partial charge in [-0.3, -0.25) is 9.69 Å². The number of hydrogen-bond acceptors (Lipinski definition) is 4. The molecule has 0 aliphatic carbocycles. The first-order chi connectivity index (χ1) is 17.2. The summed E-state index contributed by atoms with van der Waals surface area (Å²) in [6.07, 6.45) is 6.98. The zero-order valence-electron chi connectivity index (χ0n) is 20.0. The fourth-order valence-corrected chi connectivity index (χ4v) is 4.63.